The second-order valence-electron chi connectivity index (χ2n) is 3.49. The molecular weight excluding hydrogens is 206 g/mol. The van der Waals surface area contributed by atoms with E-state index in [1.54, 1.807) is 18.4 Å². The van der Waals surface area contributed by atoms with E-state index in [2.05, 4.69) is 36.2 Å². The number of benzene rings is 1. The number of aryl methyl sites for hydroxylation is 1. The highest BCUT2D eigenvalue weighted by Crippen LogP contribution is 2.25. The SMILES string of the molecule is Cc1ccc(-c2csc(N(C)N)n2)cc1. The van der Waals surface area contributed by atoms with Crippen LogP contribution in [0.25, 0.3) is 11.3 Å². The molecule has 0 amide bonds. The van der Waals surface area contributed by atoms with Gasteiger partial charge in [-0.2, -0.15) is 0 Å². The normalized spacial score (nSPS) is 10.3. The van der Waals surface area contributed by atoms with Crippen molar-refractivity contribution in [3.63, 3.8) is 0 Å². The van der Waals surface area contributed by atoms with Crippen molar-refractivity contribution < 1.29 is 0 Å². The summed E-state index contributed by atoms with van der Waals surface area (Å²) in [7, 11) is 1.79. The molecule has 4 heteroatoms. The molecule has 0 aliphatic rings. The van der Waals surface area contributed by atoms with Gasteiger partial charge in [0.2, 0.25) is 0 Å². The molecule has 0 saturated heterocycles. The molecule has 3 nitrogen and oxygen atoms in total. The van der Waals surface area contributed by atoms with Crippen molar-refractivity contribution in [3.05, 3.63) is 35.2 Å². The Labute approximate surface area is 93.1 Å². The summed E-state index contributed by atoms with van der Waals surface area (Å²) >= 11 is 1.55. The summed E-state index contributed by atoms with van der Waals surface area (Å²) in [5.41, 5.74) is 3.36. The Morgan fingerprint density at radius 3 is 2.47 bits per heavy atom. The van der Waals surface area contributed by atoms with Crippen molar-refractivity contribution in [2.24, 2.45) is 5.84 Å². The molecule has 2 aromatic rings. The molecule has 0 aliphatic carbocycles. The van der Waals surface area contributed by atoms with E-state index in [-0.39, 0.29) is 0 Å². The minimum Gasteiger partial charge on any atom is -0.289 e. The fourth-order valence-corrected chi connectivity index (χ4v) is 2.01. The molecule has 1 aromatic heterocycles. The molecule has 2 rings (SSSR count). The Morgan fingerprint density at radius 2 is 1.93 bits per heavy atom. The maximum Gasteiger partial charge on any atom is 0.199 e. The first-order valence-corrected chi connectivity index (χ1v) is 5.56. The summed E-state index contributed by atoms with van der Waals surface area (Å²) in [6.45, 7) is 2.07. The lowest BCUT2D eigenvalue weighted by atomic mass is 10.1. The number of hydrazine groups is 1. The molecule has 0 atom stereocenters. The average Bonchev–Trinajstić information content (AvgIpc) is 2.68. The summed E-state index contributed by atoms with van der Waals surface area (Å²) in [5, 5.41) is 4.37. The van der Waals surface area contributed by atoms with Crippen molar-refractivity contribution >= 4 is 16.5 Å². The number of rotatable bonds is 2. The van der Waals surface area contributed by atoms with Crippen LogP contribution in [0.2, 0.25) is 0 Å². The number of anilines is 1. The van der Waals surface area contributed by atoms with Gasteiger partial charge in [0.1, 0.15) is 0 Å². The Morgan fingerprint density at radius 1 is 1.27 bits per heavy atom. The van der Waals surface area contributed by atoms with Gasteiger partial charge in [-0.25, -0.2) is 10.8 Å². The minimum absolute atomic E-state index is 0.825. The van der Waals surface area contributed by atoms with Crippen LogP contribution >= 0.6 is 11.3 Å². The lowest BCUT2D eigenvalue weighted by Crippen LogP contribution is -2.24. The maximum absolute atomic E-state index is 5.61. The second kappa shape index (κ2) is 4.00. The number of aromatic nitrogens is 1. The Balaban J connectivity index is 2.33. The third kappa shape index (κ3) is 2.16. The number of nitrogens with two attached hydrogens (primary N) is 1. The van der Waals surface area contributed by atoms with E-state index in [9.17, 15) is 0 Å². The molecule has 1 heterocycles. The van der Waals surface area contributed by atoms with Crippen LogP contribution in [0.1, 0.15) is 5.56 Å². The molecule has 0 radical (unpaired) electrons. The highest BCUT2D eigenvalue weighted by molar-refractivity contribution is 7.14. The monoisotopic (exact) mass is 219 g/mol. The summed E-state index contributed by atoms with van der Waals surface area (Å²) in [6.07, 6.45) is 0. The molecule has 0 saturated carbocycles. The van der Waals surface area contributed by atoms with Gasteiger partial charge in [-0.15, -0.1) is 11.3 Å². The van der Waals surface area contributed by atoms with E-state index in [0.717, 1.165) is 16.4 Å². The quantitative estimate of drug-likeness (QED) is 0.623. The van der Waals surface area contributed by atoms with Crippen molar-refractivity contribution in [2.75, 3.05) is 12.1 Å². The first kappa shape index (κ1) is 10.1. The second-order valence-corrected chi connectivity index (χ2v) is 4.33. The molecule has 15 heavy (non-hydrogen) atoms. The van der Waals surface area contributed by atoms with Gasteiger partial charge in [0.25, 0.3) is 0 Å². The van der Waals surface area contributed by atoms with Crippen molar-refractivity contribution in [3.8, 4) is 11.3 Å². The zero-order chi connectivity index (χ0) is 10.8. The van der Waals surface area contributed by atoms with Gasteiger partial charge in [-0.05, 0) is 6.92 Å². The van der Waals surface area contributed by atoms with Gasteiger partial charge in [-0.3, -0.25) is 5.01 Å². The van der Waals surface area contributed by atoms with Crippen LogP contribution in [0.4, 0.5) is 5.13 Å². The molecule has 2 N–H and O–H groups in total. The van der Waals surface area contributed by atoms with Gasteiger partial charge < -0.3 is 0 Å². The van der Waals surface area contributed by atoms with Gasteiger partial charge >= 0.3 is 0 Å². The van der Waals surface area contributed by atoms with Crippen LogP contribution in [0.3, 0.4) is 0 Å². The van der Waals surface area contributed by atoms with E-state index in [4.69, 9.17) is 5.84 Å². The Hall–Kier alpha value is -1.39. The van der Waals surface area contributed by atoms with E-state index in [0.29, 0.717) is 0 Å². The summed E-state index contributed by atoms with van der Waals surface area (Å²) in [4.78, 5) is 4.43. The lowest BCUT2D eigenvalue weighted by Gasteiger charge is -2.05. The fraction of sp³-hybridized carbons (Fsp3) is 0.182. The van der Waals surface area contributed by atoms with Crippen LogP contribution in [-0.2, 0) is 0 Å². The predicted octanol–water partition coefficient (Wildman–Crippen LogP) is 2.43. The van der Waals surface area contributed by atoms with Crippen molar-refractivity contribution in [2.45, 2.75) is 6.92 Å². The molecule has 0 bridgehead atoms. The standard InChI is InChI=1S/C11H13N3S/c1-8-3-5-9(6-4-8)10-7-15-11(13-10)14(2)12/h3-7H,12H2,1-2H3. The van der Waals surface area contributed by atoms with Crippen LogP contribution < -0.4 is 10.9 Å². The van der Waals surface area contributed by atoms with Crippen LogP contribution in [0.15, 0.2) is 29.6 Å². The molecule has 1 aromatic carbocycles. The fourth-order valence-electron chi connectivity index (χ4n) is 1.28. The van der Waals surface area contributed by atoms with Gasteiger partial charge in [0.05, 0.1) is 5.69 Å². The Bertz CT molecular complexity index is 445. The largest absolute Gasteiger partial charge is 0.289 e. The van der Waals surface area contributed by atoms with Crippen LogP contribution in [-0.4, -0.2) is 12.0 Å². The number of hydrogen-bond acceptors (Lipinski definition) is 4. The molecule has 0 unspecified atom stereocenters. The van der Waals surface area contributed by atoms with Gasteiger partial charge in [-0.1, -0.05) is 29.8 Å². The summed E-state index contributed by atoms with van der Waals surface area (Å²) < 4.78 is 0. The molecule has 0 spiro atoms. The zero-order valence-electron chi connectivity index (χ0n) is 8.77. The molecule has 0 aliphatic heterocycles. The highest BCUT2D eigenvalue weighted by Gasteiger charge is 2.05. The summed E-state index contributed by atoms with van der Waals surface area (Å²) in [5.74, 6) is 5.61. The first-order chi connectivity index (χ1) is 7.16. The van der Waals surface area contributed by atoms with Crippen molar-refractivity contribution in [1.29, 1.82) is 0 Å². The third-order valence-electron chi connectivity index (χ3n) is 2.14. The lowest BCUT2D eigenvalue weighted by molar-refractivity contribution is 1.00. The predicted molar refractivity (Wildman–Crippen MR) is 64.9 cm³/mol. The topological polar surface area (TPSA) is 42.1 Å². The molecule has 78 valence electrons. The van der Waals surface area contributed by atoms with Crippen molar-refractivity contribution in [1.82, 2.24) is 4.98 Å². The van der Waals surface area contributed by atoms with Gasteiger partial charge in [0.15, 0.2) is 5.13 Å². The van der Waals surface area contributed by atoms with Gasteiger partial charge in [0, 0.05) is 18.0 Å². The number of nitrogens with zero attached hydrogens (tertiary/aromatic N) is 2. The highest BCUT2D eigenvalue weighted by atomic mass is 32.1. The maximum atomic E-state index is 5.61. The number of hydrogen-bond donors (Lipinski definition) is 1. The minimum atomic E-state index is 0.825. The smallest absolute Gasteiger partial charge is 0.199 e. The average molecular weight is 219 g/mol. The zero-order valence-corrected chi connectivity index (χ0v) is 9.58. The van der Waals surface area contributed by atoms with Crippen LogP contribution in [0, 0.1) is 6.92 Å². The molecule has 0 fully saturated rings. The third-order valence-corrected chi connectivity index (χ3v) is 3.07. The van der Waals surface area contributed by atoms with Crippen LogP contribution in [0.5, 0.6) is 0 Å². The number of thiazole rings is 1. The van der Waals surface area contributed by atoms with E-state index >= 15 is 0 Å². The van der Waals surface area contributed by atoms with E-state index in [1.165, 1.54) is 10.6 Å². The van der Waals surface area contributed by atoms with E-state index < -0.39 is 0 Å². The Kier molecular flexibility index (Phi) is 2.70. The van der Waals surface area contributed by atoms with E-state index in [1.807, 2.05) is 5.38 Å². The molecular formula is C11H13N3S. The first-order valence-electron chi connectivity index (χ1n) is 4.68. The summed E-state index contributed by atoms with van der Waals surface area (Å²) in [6, 6.07) is 8.32.